The molecule has 0 aliphatic carbocycles. The average Bonchev–Trinajstić information content (AvgIpc) is 3.33. The molecule has 0 amide bonds. The number of benzene rings is 2. The minimum absolute atomic E-state index is 0.0795. The molecule has 5 rings (SSSR count). The van der Waals surface area contributed by atoms with E-state index in [1.165, 1.54) is 17.1 Å². The number of aryl methyl sites for hydroxylation is 1. The van der Waals surface area contributed by atoms with E-state index in [-0.39, 0.29) is 35.1 Å². The molecular weight excluding hydrogens is 473 g/mol. The zero-order chi connectivity index (χ0) is 25.6. The highest BCUT2D eigenvalue weighted by Crippen LogP contribution is 2.37. The number of hydrogen-bond donors (Lipinski definition) is 1. The van der Waals surface area contributed by atoms with Gasteiger partial charge in [-0.3, -0.25) is 9.36 Å². The summed E-state index contributed by atoms with van der Waals surface area (Å²) in [5.74, 6) is 0.164. The lowest BCUT2D eigenvalue weighted by Crippen LogP contribution is -2.32. The van der Waals surface area contributed by atoms with Gasteiger partial charge in [0.25, 0.3) is 5.56 Å². The number of rotatable bonds is 3. The second-order valence-electron chi connectivity index (χ2n) is 8.02. The zero-order valence-corrected chi connectivity index (χ0v) is 18.7. The Kier molecular flexibility index (Phi) is 5.40. The Bertz CT molecular complexity index is 1620. The Labute approximate surface area is 202 Å². The number of para-hydroxylation sites is 1. The number of nitriles is 1. The van der Waals surface area contributed by atoms with Gasteiger partial charge in [0, 0.05) is 12.6 Å². The van der Waals surface area contributed by atoms with E-state index in [2.05, 4.69) is 20.1 Å². The van der Waals surface area contributed by atoms with E-state index in [0.717, 1.165) is 10.6 Å². The first-order valence-corrected chi connectivity index (χ1v) is 10.7. The lowest BCUT2D eigenvalue weighted by Gasteiger charge is -2.26. The van der Waals surface area contributed by atoms with E-state index >= 15 is 0 Å². The maximum atomic E-state index is 13.8. The summed E-state index contributed by atoms with van der Waals surface area (Å²) in [5.41, 5.74) is 4.56. The van der Waals surface area contributed by atoms with Crippen molar-refractivity contribution in [2.24, 2.45) is 5.10 Å². The molecule has 0 radical (unpaired) electrons. The molecule has 0 fully saturated rings. The largest absolute Gasteiger partial charge is 0.417 e. The fraction of sp³-hybridized carbons (Fsp3) is 0.167. The van der Waals surface area contributed by atoms with Crippen LogP contribution in [0.3, 0.4) is 0 Å². The maximum absolute atomic E-state index is 13.8. The maximum Gasteiger partial charge on any atom is 0.417 e. The third-order valence-electron chi connectivity index (χ3n) is 5.79. The molecule has 0 bridgehead atoms. The molecule has 0 saturated heterocycles. The summed E-state index contributed by atoms with van der Waals surface area (Å²) < 4.78 is 42.6. The summed E-state index contributed by atoms with van der Waals surface area (Å²) in [4.78, 5) is 26.4. The normalized spacial score (nSPS) is 15.4. The van der Waals surface area contributed by atoms with E-state index in [1.807, 2.05) is 6.07 Å². The van der Waals surface area contributed by atoms with Gasteiger partial charge in [-0.15, -0.1) is 0 Å². The molecule has 4 aromatic rings. The second-order valence-corrected chi connectivity index (χ2v) is 8.02. The van der Waals surface area contributed by atoms with Crippen LogP contribution in [0.25, 0.3) is 16.6 Å². The van der Waals surface area contributed by atoms with Crippen LogP contribution < -0.4 is 16.3 Å². The van der Waals surface area contributed by atoms with Gasteiger partial charge in [0.15, 0.2) is 5.82 Å². The molecule has 1 aliphatic rings. The molecule has 0 saturated carbocycles. The summed E-state index contributed by atoms with van der Waals surface area (Å²) in [7, 11) is 0. The Hall–Kier alpha value is -4.79. The number of nitrogen functional groups attached to an aromatic ring is 1. The Morgan fingerprint density at radius 2 is 1.83 bits per heavy atom. The fourth-order valence-electron chi connectivity index (χ4n) is 4.24. The molecule has 12 heteroatoms. The monoisotopic (exact) mass is 490 g/mol. The highest BCUT2D eigenvalue weighted by Gasteiger charge is 2.37. The highest BCUT2D eigenvalue weighted by atomic mass is 19.4. The number of hydrazone groups is 1. The standard InChI is InChI=1S/C24H17F3N8O/c1-13-15(12-28)20(33-23(29)31-13)35-18(10-11-30-35)21-32-17-9-5-8-16(24(25,26)27)19(17)22(36)34(21)14-6-3-2-4-7-14/h2-9,11,18H,10H2,1H3,(H2,29,31,33). The van der Waals surface area contributed by atoms with Crippen LogP contribution in [0, 0.1) is 18.3 Å². The van der Waals surface area contributed by atoms with Crippen LogP contribution in [-0.2, 0) is 6.18 Å². The van der Waals surface area contributed by atoms with Crippen molar-refractivity contribution in [3.05, 3.63) is 81.5 Å². The average molecular weight is 490 g/mol. The van der Waals surface area contributed by atoms with Crippen molar-refractivity contribution in [3.8, 4) is 11.8 Å². The number of nitrogens with two attached hydrogens (primary N) is 1. The molecule has 2 aromatic heterocycles. The van der Waals surface area contributed by atoms with Crippen LogP contribution in [0.4, 0.5) is 24.9 Å². The van der Waals surface area contributed by atoms with Crippen LogP contribution in [0.1, 0.15) is 35.1 Å². The first kappa shape index (κ1) is 23.0. The Balaban J connectivity index is 1.81. The lowest BCUT2D eigenvalue weighted by atomic mass is 10.1. The second kappa shape index (κ2) is 8.46. The van der Waals surface area contributed by atoms with Gasteiger partial charge in [-0.25, -0.2) is 15.0 Å². The van der Waals surface area contributed by atoms with Crippen LogP contribution >= 0.6 is 0 Å². The third kappa shape index (κ3) is 3.70. The Morgan fingerprint density at radius 3 is 2.53 bits per heavy atom. The SMILES string of the molecule is Cc1nc(N)nc(N2N=CCC2c2nc3cccc(C(F)(F)F)c3c(=O)n2-c2ccccc2)c1C#N. The molecule has 2 N–H and O–H groups in total. The number of fused-ring (bicyclic) bond motifs is 1. The minimum Gasteiger partial charge on any atom is -0.368 e. The van der Waals surface area contributed by atoms with Gasteiger partial charge in [0.2, 0.25) is 5.95 Å². The molecular formula is C24H17F3N8O. The summed E-state index contributed by atoms with van der Waals surface area (Å²) >= 11 is 0. The zero-order valence-electron chi connectivity index (χ0n) is 18.7. The van der Waals surface area contributed by atoms with Crippen LogP contribution in [0.2, 0.25) is 0 Å². The summed E-state index contributed by atoms with van der Waals surface area (Å²) in [6, 6.07) is 12.9. The highest BCUT2D eigenvalue weighted by molar-refractivity contribution is 5.82. The van der Waals surface area contributed by atoms with Crippen molar-refractivity contribution in [3.63, 3.8) is 0 Å². The summed E-state index contributed by atoms with van der Waals surface area (Å²) in [6.07, 6.45) is -2.95. The van der Waals surface area contributed by atoms with Gasteiger partial charge in [0.05, 0.1) is 27.8 Å². The number of anilines is 2. The quantitative estimate of drug-likeness (QED) is 0.462. The number of aromatic nitrogens is 4. The van der Waals surface area contributed by atoms with E-state index in [1.54, 1.807) is 43.5 Å². The van der Waals surface area contributed by atoms with Gasteiger partial charge in [-0.2, -0.15) is 28.5 Å². The molecule has 1 aliphatic heterocycles. The molecule has 3 heterocycles. The third-order valence-corrected chi connectivity index (χ3v) is 5.79. The number of halogens is 3. The topological polar surface area (TPSA) is 126 Å². The molecule has 1 unspecified atom stereocenters. The molecule has 0 spiro atoms. The van der Waals surface area contributed by atoms with Crippen molar-refractivity contribution in [1.82, 2.24) is 19.5 Å². The molecule has 36 heavy (non-hydrogen) atoms. The molecule has 9 nitrogen and oxygen atoms in total. The Morgan fingerprint density at radius 1 is 1.08 bits per heavy atom. The van der Waals surface area contributed by atoms with E-state index in [0.29, 0.717) is 11.4 Å². The van der Waals surface area contributed by atoms with Crippen LogP contribution in [0.5, 0.6) is 0 Å². The van der Waals surface area contributed by atoms with Crippen molar-refractivity contribution in [2.75, 3.05) is 10.7 Å². The molecule has 1 atom stereocenters. The van der Waals surface area contributed by atoms with Gasteiger partial charge < -0.3 is 5.73 Å². The van der Waals surface area contributed by atoms with Crippen LogP contribution in [-0.4, -0.2) is 25.7 Å². The van der Waals surface area contributed by atoms with Gasteiger partial charge >= 0.3 is 6.18 Å². The first-order valence-electron chi connectivity index (χ1n) is 10.7. The van der Waals surface area contributed by atoms with Gasteiger partial charge in [0.1, 0.15) is 23.5 Å². The van der Waals surface area contributed by atoms with Crippen LogP contribution in [0.15, 0.2) is 58.4 Å². The van der Waals surface area contributed by atoms with E-state index in [9.17, 15) is 23.2 Å². The van der Waals surface area contributed by atoms with E-state index < -0.39 is 28.7 Å². The van der Waals surface area contributed by atoms with Crippen molar-refractivity contribution >= 4 is 28.9 Å². The predicted molar refractivity (Wildman–Crippen MR) is 127 cm³/mol. The van der Waals surface area contributed by atoms with Crippen molar-refractivity contribution in [1.29, 1.82) is 5.26 Å². The smallest absolute Gasteiger partial charge is 0.368 e. The van der Waals surface area contributed by atoms with Gasteiger partial charge in [-0.1, -0.05) is 24.3 Å². The lowest BCUT2D eigenvalue weighted by molar-refractivity contribution is -0.136. The number of alkyl halides is 3. The van der Waals surface area contributed by atoms with Crippen molar-refractivity contribution in [2.45, 2.75) is 25.6 Å². The summed E-state index contributed by atoms with van der Waals surface area (Å²) in [6.45, 7) is 1.60. The first-order chi connectivity index (χ1) is 17.2. The fourth-order valence-corrected chi connectivity index (χ4v) is 4.24. The number of nitrogens with zero attached hydrogens (tertiary/aromatic N) is 7. The molecule has 2 aromatic carbocycles. The van der Waals surface area contributed by atoms with E-state index in [4.69, 9.17) is 5.73 Å². The minimum atomic E-state index is -4.75. The van der Waals surface area contributed by atoms with Gasteiger partial charge in [-0.05, 0) is 31.2 Å². The molecule has 180 valence electrons. The predicted octanol–water partition coefficient (Wildman–Crippen LogP) is 3.89. The van der Waals surface area contributed by atoms with Crippen molar-refractivity contribution < 1.29 is 13.2 Å². The number of hydrogen-bond acceptors (Lipinski definition) is 8. The summed E-state index contributed by atoms with van der Waals surface area (Å²) in [5, 5.41) is 14.9.